The Labute approximate surface area is 116 Å². The topological polar surface area (TPSA) is 107 Å². The van der Waals surface area contributed by atoms with Crippen molar-refractivity contribution in [2.24, 2.45) is 0 Å². The van der Waals surface area contributed by atoms with Crippen molar-refractivity contribution in [3.63, 3.8) is 0 Å². The number of hydrogen-bond donors (Lipinski definition) is 1. The number of ether oxygens (including phenoxy) is 1. The second kappa shape index (κ2) is 5.06. The van der Waals surface area contributed by atoms with E-state index in [4.69, 9.17) is 0 Å². The summed E-state index contributed by atoms with van der Waals surface area (Å²) in [5, 5.41) is 0. The minimum atomic E-state index is -4.06. The third-order valence-corrected chi connectivity index (χ3v) is 5.93. The molecule has 1 heterocycles. The minimum absolute atomic E-state index is 0.0306. The van der Waals surface area contributed by atoms with Crippen molar-refractivity contribution >= 4 is 26.0 Å². The number of amides is 1. The van der Waals surface area contributed by atoms with Gasteiger partial charge in [0.25, 0.3) is 10.0 Å². The highest BCUT2D eigenvalue weighted by Gasteiger charge is 2.28. The van der Waals surface area contributed by atoms with Crippen molar-refractivity contribution in [2.45, 2.75) is 23.1 Å². The van der Waals surface area contributed by atoms with Crippen molar-refractivity contribution in [1.82, 2.24) is 4.72 Å². The van der Waals surface area contributed by atoms with E-state index in [-0.39, 0.29) is 28.6 Å². The highest BCUT2D eigenvalue weighted by atomic mass is 32.2. The molecular weight excluding hydrogens is 306 g/mol. The van der Waals surface area contributed by atoms with Gasteiger partial charge in [0.2, 0.25) is 0 Å². The Kier molecular flexibility index (Phi) is 3.74. The Morgan fingerprint density at radius 2 is 2.10 bits per heavy atom. The fourth-order valence-corrected chi connectivity index (χ4v) is 4.39. The zero-order chi connectivity index (χ0) is 15.0. The van der Waals surface area contributed by atoms with Gasteiger partial charge in [0.1, 0.15) is 0 Å². The summed E-state index contributed by atoms with van der Waals surface area (Å²) in [5.74, 6) is -0.0306. The maximum Gasteiger partial charge on any atom is 0.421 e. The van der Waals surface area contributed by atoms with E-state index in [9.17, 15) is 21.6 Å². The summed E-state index contributed by atoms with van der Waals surface area (Å²) in [7, 11) is -7.37. The van der Waals surface area contributed by atoms with Crippen LogP contribution in [0.2, 0.25) is 0 Å². The van der Waals surface area contributed by atoms with Gasteiger partial charge in [-0.1, -0.05) is 0 Å². The number of carbonyl (C=O) groups excluding carboxylic acids is 1. The van der Waals surface area contributed by atoms with Crippen LogP contribution in [-0.4, -0.2) is 35.3 Å². The van der Waals surface area contributed by atoms with Gasteiger partial charge in [0, 0.05) is 0 Å². The number of benzene rings is 1. The van der Waals surface area contributed by atoms with Gasteiger partial charge in [-0.15, -0.1) is 0 Å². The molecule has 110 valence electrons. The minimum Gasteiger partial charge on any atom is -0.449 e. The van der Waals surface area contributed by atoms with Crippen LogP contribution in [0.25, 0.3) is 0 Å². The molecule has 1 amide bonds. The van der Waals surface area contributed by atoms with Gasteiger partial charge in [0.05, 0.1) is 22.2 Å². The summed E-state index contributed by atoms with van der Waals surface area (Å²) < 4.78 is 53.4. The quantitative estimate of drug-likeness (QED) is 0.867. The van der Waals surface area contributed by atoms with Crippen LogP contribution in [-0.2, 0) is 31.0 Å². The molecule has 2 rings (SSSR count). The number of fused-ring (bicyclic) bond motifs is 1. The number of nitrogens with one attached hydrogen (secondary N) is 1. The lowest BCUT2D eigenvalue weighted by molar-refractivity contribution is 0.158. The summed E-state index contributed by atoms with van der Waals surface area (Å²) in [6, 6.07) is 3.67. The average molecular weight is 319 g/mol. The van der Waals surface area contributed by atoms with Crippen molar-refractivity contribution in [1.29, 1.82) is 0 Å². The Hall–Kier alpha value is -1.61. The first kappa shape index (κ1) is 14.8. The second-order valence-corrected chi connectivity index (χ2v) is 7.92. The third kappa shape index (κ3) is 2.78. The Balaban J connectivity index is 2.34. The van der Waals surface area contributed by atoms with Crippen LogP contribution in [0.4, 0.5) is 4.79 Å². The van der Waals surface area contributed by atoms with E-state index in [2.05, 4.69) is 4.74 Å². The highest BCUT2D eigenvalue weighted by molar-refractivity contribution is 7.91. The van der Waals surface area contributed by atoms with Crippen LogP contribution >= 0.6 is 0 Å². The van der Waals surface area contributed by atoms with Gasteiger partial charge in [0.15, 0.2) is 9.84 Å². The van der Waals surface area contributed by atoms with E-state index >= 15 is 0 Å². The van der Waals surface area contributed by atoms with Crippen LogP contribution in [0, 0.1) is 0 Å². The molecule has 1 N–H and O–H groups in total. The largest absolute Gasteiger partial charge is 0.449 e. The summed E-state index contributed by atoms with van der Waals surface area (Å²) in [6.45, 7) is 1.59. The molecule has 20 heavy (non-hydrogen) atoms. The van der Waals surface area contributed by atoms with Crippen molar-refractivity contribution < 1.29 is 26.4 Å². The van der Waals surface area contributed by atoms with E-state index in [0.717, 1.165) is 6.07 Å². The number of aryl methyl sites for hydroxylation is 1. The van der Waals surface area contributed by atoms with Gasteiger partial charge in [-0.05, 0) is 37.1 Å². The lowest BCUT2D eigenvalue weighted by atomic mass is 10.2. The summed E-state index contributed by atoms with van der Waals surface area (Å²) in [4.78, 5) is 11.1. The van der Waals surface area contributed by atoms with E-state index in [0.29, 0.717) is 5.56 Å². The molecule has 0 fully saturated rings. The fraction of sp³-hybridized carbons (Fsp3) is 0.364. The zero-order valence-corrected chi connectivity index (χ0v) is 12.3. The van der Waals surface area contributed by atoms with Crippen LogP contribution in [0.5, 0.6) is 0 Å². The molecule has 0 aromatic heterocycles. The molecule has 0 unspecified atom stereocenters. The Morgan fingerprint density at radius 1 is 1.40 bits per heavy atom. The molecule has 0 bridgehead atoms. The van der Waals surface area contributed by atoms with E-state index in [1.54, 1.807) is 11.6 Å². The predicted octanol–water partition coefficient (Wildman–Crippen LogP) is 0.451. The highest BCUT2D eigenvalue weighted by Crippen LogP contribution is 2.27. The van der Waals surface area contributed by atoms with E-state index < -0.39 is 26.0 Å². The maximum absolute atomic E-state index is 11.9. The molecule has 0 aliphatic carbocycles. The first-order valence-corrected chi connectivity index (χ1v) is 8.95. The first-order chi connectivity index (χ1) is 9.26. The number of sulfonamides is 1. The smallest absolute Gasteiger partial charge is 0.421 e. The fourth-order valence-electron chi connectivity index (χ4n) is 1.91. The predicted molar refractivity (Wildman–Crippen MR) is 69.5 cm³/mol. The van der Waals surface area contributed by atoms with Crippen molar-refractivity contribution in [3.05, 3.63) is 23.8 Å². The summed E-state index contributed by atoms with van der Waals surface area (Å²) >= 11 is 0. The zero-order valence-electron chi connectivity index (χ0n) is 10.6. The summed E-state index contributed by atoms with van der Waals surface area (Å²) in [6.07, 6.45) is -0.805. The molecule has 7 nitrogen and oxygen atoms in total. The molecule has 9 heteroatoms. The first-order valence-electron chi connectivity index (χ1n) is 5.81. The lowest BCUT2D eigenvalue weighted by Crippen LogP contribution is -2.31. The number of hydrogen-bond acceptors (Lipinski definition) is 6. The SMILES string of the molecule is CCOC(=O)NS(=O)(=O)c1ccc2c(c1)CCS2(=O)=O. The van der Waals surface area contributed by atoms with Gasteiger partial charge >= 0.3 is 6.09 Å². The van der Waals surface area contributed by atoms with Crippen molar-refractivity contribution in [3.8, 4) is 0 Å². The van der Waals surface area contributed by atoms with Crippen molar-refractivity contribution in [2.75, 3.05) is 12.4 Å². The molecule has 1 aliphatic heterocycles. The van der Waals surface area contributed by atoms with E-state index in [1.165, 1.54) is 12.1 Å². The molecule has 0 saturated heterocycles. The summed E-state index contributed by atoms with van der Waals surface area (Å²) in [5.41, 5.74) is 0.441. The average Bonchev–Trinajstić information content (AvgIpc) is 2.65. The molecule has 0 saturated carbocycles. The molecule has 1 aromatic carbocycles. The molecule has 0 spiro atoms. The lowest BCUT2D eigenvalue weighted by Gasteiger charge is -2.08. The van der Waals surface area contributed by atoms with Crippen LogP contribution < -0.4 is 4.72 Å². The Bertz CT molecular complexity index is 751. The van der Waals surface area contributed by atoms with Crippen LogP contribution in [0.3, 0.4) is 0 Å². The van der Waals surface area contributed by atoms with Crippen LogP contribution in [0.15, 0.2) is 28.0 Å². The number of carbonyl (C=O) groups is 1. The van der Waals surface area contributed by atoms with Crippen LogP contribution in [0.1, 0.15) is 12.5 Å². The standard InChI is InChI=1S/C11H13NO6S2/c1-2-18-11(13)12-20(16,17)9-3-4-10-8(7-9)5-6-19(10,14)15/h3-4,7H,2,5-6H2,1H3,(H,12,13). The molecule has 1 aliphatic rings. The maximum atomic E-state index is 11.9. The molecule has 0 radical (unpaired) electrons. The molecule has 0 atom stereocenters. The second-order valence-electron chi connectivity index (χ2n) is 4.16. The monoisotopic (exact) mass is 319 g/mol. The normalized spacial score (nSPS) is 16.4. The molecular formula is C11H13NO6S2. The third-order valence-electron chi connectivity index (χ3n) is 2.81. The number of sulfone groups is 1. The van der Waals surface area contributed by atoms with Gasteiger partial charge in [-0.2, -0.15) is 0 Å². The Morgan fingerprint density at radius 3 is 2.75 bits per heavy atom. The number of rotatable bonds is 3. The van der Waals surface area contributed by atoms with Gasteiger partial charge < -0.3 is 4.74 Å². The van der Waals surface area contributed by atoms with E-state index in [1.807, 2.05) is 0 Å². The van der Waals surface area contributed by atoms with Gasteiger partial charge in [-0.25, -0.2) is 26.4 Å². The molecule has 1 aromatic rings. The van der Waals surface area contributed by atoms with Gasteiger partial charge in [-0.3, -0.25) is 0 Å².